The number of halogens is 1. The molecule has 1 fully saturated rings. The summed E-state index contributed by atoms with van der Waals surface area (Å²) in [6, 6.07) is 14.5. The van der Waals surface area contributed by atoms with Crippen LogP contribution in [0.5, 0.6) is 0 Å². The fourth-order valence-electron chi connectivity index (χ4n) is 3.34. The van der Waals surface area contributed by atoms with E-state index in [-0.39, 0.29) is 19.6 Å². The molecule has 2 aromatic carbocycles. The maximum Gasteiger partial charge on any atom is 0.492 e. The Morgan fingerprint density at radius 2 is 1.74 bits per heavy atom. The molecule has 1 amide bonds. The van der Waals surface area contributed by atoms with E-state index >= 15 is 0 Å². The smallest absolute Gasteiger partial charge is 0.481 e. The molecule has 1 aliphatic heterocycles. The number of aliphatic carboxylic acids is 1. The second-order valence-electron chi connectivity index (χ2n) is 9.14. The van der Waals surface area contributed by atoms with Crippen molar-refractivity contribution in [2.75, 3.05) is 6.54 Å². The van der Waals surface area contributed by atoms with Gasteiger partial charge in [-0.1, -0.05) is 54.1 Å². The van der Waals surface area contributed by atoms with Crippen LogP contribution in [0.25, 0.3) is 6.08 Å². The molecule has 0 atom stereocenters. The Bertz CT molecular complexity index is 1050. The molecule has 9 heteroatoms. The predicted octanol–water partition coefficient (Wildman–Crippen LogP) is 4.91. The van der Waals surface area contributed by atoms with E-state index < -0.39 is 30.4 Å². The molecule has 0 aromatic heterocycles. The van der Waals surface area contributed by atoms with Gasteiger partial charge in [-0.2, -0.15) is 0 Å². The molecular formula is C25H29BClNO6. The highest BCUT2D eigenvalue weighted by atomic mass is 35.5. The third-order valence-corrected chi connectivity index (χ3v) is 6.34. The zero-order chi connectivity index (χ0) is 24.9. The molecule has 34 heavy (non-hydrogen) atoms. The molecule has 0 saturated carbocycles. The Morgan fingerprint density at radius 1 is 1.09 bits per heavy atom. The molecule has 0 bridgehead atoms. The lowest BCUT2D eigenvalue weighted by atomic mass is 9.77. The van der Waals surface area contributed by atoms with Crippen molar-refractivity contribution in [1.82, 2.24) is 5.32 Å². The molecule has 0 radical (unpaired) electrons. The summed E-state index contributed by atoms with van der Waals surface area (Å²) >= 11 is 6.16. The lowest BCUT2D eigenvalue weighted by molar-refractivity contribution is -0.136. The number of nitrogens with one attached hydrogen (secondary N) is 1. The van der Waals surface area contributed by atoms with E-state index in [1.54, 1.807) is 24.3 Å². The van der Waals surface area contributed by atoms with Crippen molar-refractivity contribution < 1.29 is 28.7 Å². The number of carboxylic acids is 1. The van der Waals surface area contributed by atoms with E-state index in [0.29, 0.717) is 21.6 Å². The number of ether oxygens (including phenoxy) is 1. The van der Waals surface area contributed by atoms with Crippen molar-refractivity contribution in [2.24, 2.45) is 0 Å². The second kappa shape index (κ2) is 10.6. The SMILES string of the molecule is CC1(C)OB(C(=Cc2ccc(Cl)c(CC(=O)O)c2)CNC(=O)OCc2ccccc2)OC1(C)C. The van der Waals surface area contributed by atoms with Gasteiger partial charge < -0.3 is 24.5 Å². The molecule has 1 heterocycles. The third-order valence-electron chi connectivity index (χ3n) is 5.97. The molecule has 2 N–H and O–H groups in total. The first-order valence-corrected chi connectivity index (χ1v) is 11.4. The average molecular weight is 486 g/mol. The number of hydrogen-bond acceptors (Lipinski definition) is 5. The summed E-state index contributed by atoms with van der Waals surface area (Å²) in [5, 5.41) is 12.3. The van der Waals surface area contributed by atoms with Crippen LogP contribution < -0.4 is 5.32 Å². The first-order chi connectivity index (χ1) is 16.0. The Morgan fingerprint density at radius 3 is 2.35 bits per heavy atom. The number of carbonyl (C=O) groups excluding carboxylic acids is 1. The fraction of sp³-hybridized carbons (Fsp3) is 0.360. The van der Waals surface area contributed by atoms with Crippen molar-refractivity contribution in [2.45, 2.75) is 51.9 Å². The zero-order valence-corrected chi connectivity index (χ0v) is 20.5. The van der Waals surface area contributed by atoms with Gasteiger partial charge in [-0.3, -0.25) is 4.79 Å². The van der Waals surface area contributed by atoms with Crippen LogP contribution in [-0.2, 0) is 31.9 Å². The fourth-order valence-corrected chi connectivity index (χ4v) is 3.53. The van der Waals surface area contributed by atoms with Crippen LogP contribution >= 0.6 is 11.6 Å². The van der Waals surface area contributed by atoms with E-state index in [0.717, 1.165) is 5.56 Å². The van der Waals surface area contributed by atoms with Gasteiger partial charge in [-0.15, -0.1) is 0 Å². The van der Waals surface area contributed by atoms with Crippen LogP contribution in [0.1, 0.15) is 44.4 Å². The van der Waals surface area contributed by atoms with Gasteiger partial charge in [0.1, 0.15) is 6.61 Å². The van der Waals surface area contributed by atoms with E-state index in [1.165, 1.54) is 0 Å². The maximum absolute atomic E-state index is 12.3. The van der Waals surface area contributed by atoms with Gasteiger partial charge in [0, 0.05) is 11.6 Å². The summed E-state index contributed by atoms with van der Waals surface area (Å²) in [4.78, 5) is 23.5. The molecule has 0 spiro atoms. The highest BCUT2D eigenvalue weighted by molar-refractivity contribution is 6.56. The van der Waals surface area contributed by atoms with Crippen LogP contribution in [0.15, 0.2) is 54.0 Å². The Balaban J connectivity index is 1.79. The van der Waals surface area contributed by atoms with Gasteiger partial charge in [-0.05, 0) is 62.0 Å². The largest absolute Gasteiger partial charge is 0.492 e. The van der Waals surface area contributed by atoms with Gasteiger partial charge in [0.2, 0.25) is 0 Å². The summed E-state index contributed by atoms with van der Waals surface area (Å²) in [7, 11) is -0.710. The monoisotopic (exact) mass is 485 g/mol. The number of rotatable bonds is 8. The Kier molecular flexibility index (Phi) is 8.07. The molecule has 1 aliphatic rings. The summed E-state index contributed by atoms with van der Waals surface area (Å²) in [5.41, 5.74) is 1.60. The molecule has 1 saturated heterocycles. The number of hydrogen-bond donors (Lipinski definition) is 2. The van der Waals surface area contributed by atoms with Gasteiger partial charge in [0.05, 0.1) is 17.6 Å². The number of alkyl carbamates (subject to hydrolysis) is 1. The topological polar surface area (TPSA) is 94.1 Å². The molecule has 2 aromatic rings. The minimum absolute atomic E-state index is 0.112. The normalized spacial score (nSPS) is 16.9. The quantitative estimate of drug-likeness (QED) is 0.516. The van der Waals surface area contributed by atoms with E-state index in [2.05, 4.69) is 5.32 Å². The lowest BCUT2D eigenvalue weighted by Gasteiger charge is -2.32. The number of carbonyl (C=O) groups is 2. The van der Waals surface area contributed by atoms with Gasteiger partial charge >= 0.3 is 19.2 Å². The lowest BCUT2D eigenvalue weighted by Crippen LogP contribution is -2.41. The molecule has 180 valence electrons. The van der Waals surface area contributed by atoms with Crippen LogP contribution in [0.4, 0.5) is 4.79 Å². The summed E-state index contributed by atoms with van der Waals surface area (Å²) in [6.45, 7) is 8.04. The summed E-state index contributed by atoms with van der Waals surface area (Å²) in [6.07, 6.45) is 1.03. The minimum Gasteiger partial charge on any atom is -0.481 e. The van der Waals surface area contributed by atoms with Gasteiger partial charge in [-0.25, -0.2) is 4.79 Å². The first kappa shape index (κ1) is 25.8. The van der Waals surface area contributed by atoms with Crippen LogP contribution in [0.3, 0.4) is 0 Å². The van der Waals surface area contributed by atoms with Crippen molar-refractivity contribution in [1.29, 1.82) is 0 Å². The highest BCUT2D eigenvalue weighted by Crippen LogP contribution is 2.38. The van der Waals surface area contributed by atoms with Crippen molar-refractivity contribution in [3.05, 3.63) is 75.7 Å². The molecule has 3 rings (SSSR count). The zero-order valence-electron chi connectivity index (χ0n) is 19.8. The second-order valence-corrected chi connectivity index (χ2v) is 9.55. The number of benzene rings is 2. The highest BCUT2D eigenvalue weighted by Gasteiger charge is 2.52. The first-order valence-electron chi connectivity index (χ1n) is 11.0. The predicted molar refractivity (Wildman–Crippen MR) is 131 cm³/mol. The maximum atomic E-state index is 12.3. The van der Waals surface area contributed by atoms with Crippen molar-refractivity contribution >= 4 is 36.9 Å². The van der Waals surface area contributed by atoms with Crippen LogP contribution in [0, 0.1) is 0 Å². The average Bonchev–Trinajstić information content (AvgIpc) is 2.99. The molecule has 7 nitrogen and oxygen atoms in total. The van der Waals surface area contributed by atoms with E-state index in [9.17, 15) is 9.59 Å². The number of carboxylic acid groups (broad SMARTS) is 1. The van der Waals surface area contributed by atoms with Crippen molar-refractivity contribution in [3.63, 3.8) is 0 Å². The third kappa shape index (κ3) is 6.62. The van der Waals surface area contributed by atoms with Gasteiger partial charge in [0.25, 0.3) is 0 Å². The van der Waals surface area contributed by atoms with Crippen LogP contribution in [0.2, 0.25) is 5.02 Å². The van der Waals surface area contributed by atoms with Crippen molar-refractivity contribution in [3.8, 4) is 0 Å². The summed E-state index contributed by atoms with van der Waals surface area (Å²) < 4.78 is 17.7. The number of amides is 1. The molecule has 0 aliphatic carbocycles. The van der Waals surface area contributed by atoms with E-state index in [1.807, 2.05) is 58.0 Å². The van der Waals surface area contributed by atoms with Crippen LogP contribution in [-0.4, -0.2) is 42.0 Å². The molecule has 0 unspecified atom stereocenters. The Labute approximate surface area is 205 Å². The standard InChI is InChI=1S/C25H29BClNO6/c1-24(2)25(3,4)34-26(33-24)20(13-18-10-11-21(27)19(12-18)14-22(29)30)15-28-23(31)32-16-17-8-6-5-7-9-17/h5-13H,14-16H2,1-4H3,(H,28,31)(H,29,30). The Hall–Kier alpha value is -2.81. The molecular weight excluding hydrogens is 457 g/mol. The minimum atomic E-state index is -0.975. The summed E-state index contributed by atoms with van der Waals surface area (Å²) in [5.74, 6) is -0.975. The van der Waals surface area contributed by atoms with Gasteiger partial charge in [0.15, 0.2) is 0 Å². The van der Waals surface area contributed by atoms with E-state index in [4.69, 9.17) is 30.8 Å².